The Labute approximate surface area is 169 Å². The van der Waals surface area contributed by atoms with E-state index >= 15 is 0 Å². The minimum Gasteiger partial charge on any atom is -0.305 e. The summed E-state index contributed by atoms with van der Waals surface area (Å²) in [6, 6.07) is 5.42. The maximum absolute atomic E-state index is 13.3. The number of hydrogen-bond donors (Lipinski definition) is 0. The lowest BCUT2D eigenvalue weighted by Crippen LogP contribution is -2.43. The number of rotatable bonds is 1. The molecule has 0 bridgehead atoms. The molecule has 0 N–H and O–H groups in total. The van der Waals surface area contributed by atoms with E-state index in [1.54, 1.807) is 0 Å². The summed E-state index contributed by atoms with van der Waals surface area (Å²) in [7, 11) is 0. The van der Waals surface area contributed by atoms with Crippen LogP contribution >= 0.6 is 0 Å². The van der Waals surface area contributed by atoms with Gasteiger partial charge in [0.1, 0.15) is 11.5 Å². The van der Waals surface area contributed by atoms with Crippen molar-refractivity contribution in [1.29, 1.82) is 0 Å². The lowest BCUT2D eigenvalue weighted by Gasteiger charge is -2.32. The van der Waals surface area contributed by atoms with Crippen LogP contribution in [-0.2, 0) is 6.18 Å². The van der Waals surface area contributed by atoms with E-state index in [0.29, 0.717) is 16.8 Å². The fraction of sp³-hybridized carbons (Fsp3) is 0.190. The Bertz CT molecular complexity index is 1170. The quantitative estimate of drug-likeness (QED) is 0.446. The molecule has 1 aromatic carbocycles. The Morgan fingerprint density at radius 2 is 1.83 bits per heavy atom. The Hall–Kier alpha value is -3.67. The number of benzene rings is 1. The number of anilines is 1. The summed E-state index contributed by atoms with van der Waals surface area (Å²) < 4.78 is 53.3. The molecule has 3 aromatic rings. The zero-order valence-electron chi connectivity index (χ0n) is 15.6. The minimum absolute atomic E-state index is 0.216. The molecule has 3 heterocycles. The normalized spacial score (nSPS) is 16.1. The standard InChI is InChI=1S/C21H14F4N4O/c1-13-12-28(18-6-4-16(5-7-18)21(23,24)25)20(30)19-15(10-27-29(13)19)3-2-14-8-17(22)11-26-9-14/h4-11,13H,12H2,1H3/t13-/m0/s1. The first kappa shape index (κ1) is 19.6. The molecule has 1 atom stereocenters. The van der Waals surface area contributed by atoms with Crippen molar-refractivity contribution in [1.82, 2.24) is 14.8 Å². The van der Waals surface area contributed by atoms with E-state index < -0.39 is 23.5 Å². The summed E-state index contributed by atoms with van der Waals surface area (Å²) in [5.74, 6) is 4.61. The molecule has 1 aliphatic rings. The molecule has 0 aliphatic carbocycles. The van der Waals surface area contributed by atoms with Crippen LogP contribution < -0.4 is 4.90 Å². The maximum atomic E-state index is 13.3. The molecule has 0 unspecified atom stereocenters. The lowest BCUT2D eigenvalue weighted by molar-refractivity contribution is -0.137. The van der Waals surface area contributed by atoms with Gasteiger partial charge >= 0.3 is 6.18 Å². The van der Waals surface area contributed by atoms with E-state index in [4.69, 9.17) is 0 Å². The van der Waals surface area contributed by atoms with Gasteiger partial charge in [0, 0.05) is 24.0 Å². The number of hydrogen-bond acceptors (Lipinski definition) is 3. The SMILES string of the molecule is C[C@H]1CN(c2ccc(C(F)(F)F)cc2)C(=O)c2c(C#Cc3cncc(F)c3)cnn21. The van der Waals surface area contributed by atoms with Crippen LogP contribution in [0.25, 0.3) is 0 Å². The van der Waals surface area contributed by atoms with Gasteiger partial charge in [-0.3, -0.25) is 14.5 Å². The summed E-state index contributed by atoms with van der Waals surface area (Å²) >= 11 is 0. The van der Waals surface area contributed by atoms with Gasteiger partial charge in [-0.25, -0.2) is 4.39 Å². The number of halogens is 4. The highest BCUT2D eigenvalue weighted by molar-refractivity contribution is 6.07. The van der Waals surface area contributed by atoms with Crippen molar-refractivity contribution in [2.75, 3.05) is 11.4 Å². The fourth-order valence-electron chi connectivity index (χ4n) is 3.23. The van der Waals surface area contributed by atoms with Gasteiger partial charge in [-0.05, 0) is 37.3 Å². The molecule has 0 spiro atoms. The number of fused-ring (bicyclic) bond motifs is 1. The van der Waals surface area contributed by atoms with Crippen LogP contribution in [0.2, 0.25) is 0 Å². The molecule has 0 fully saturated rings. The number of pyridine rings is 1. The van der Waals surface area contributed by atoms with Gasteiger partial charge in [0.25, 0.3) is 5.91 Å². The molecular weight excluding hydrogens is 400 g/mol. The lowest BCUT2D eigenvalue weighted by atomic mass is 10.1. The van der Waals surface area contributed by atoms with Crippen LogP contribution in [-0.4, -0.2) is 27.2 Å². The summed E-state index contributed by atoms with van der Waals surface area (Å²) in [6.45, 7) is 2.09. The van der Waals surface area contributed by atoms with Gasteiger partial charge < -0.3 is 4.90 Å². The second-order valence-corrected chi connectivity index (χ2v) is 6.80. The molecule has 4 rings (SSSR count). The summed E-state index contributed by atoms with van der Waals surface area (Å²) in [5.41, 5.74) is 0.466. The molecule has 1 aliphatic heterocycles. The minimum atomic E-state index is -4.45. The first-order valence-electron chi connectivity index (χ1n) is 8.93. The van der Waals surface area contributed by atoms with E-state index in [0.717, 1.165) is 18.3 Å². The number of amides is 1. The Kier molecular flexibility index (Phi) is 4.78. The molecular formula is C21H14F4N4O. The third-order valence-corrected chi connectivity index (χ3v) is 4.66. The molecule has 0 saturated carbocycles. The Balaban J connectivity index is 1.68. The van der Waals surface area contributed by atoms with Crippen LogP contribution in [0.3, 0.4) is 0 Å². The number of alkyl halides is 3. The van der Waals surface area contributed by atoms with Crippen LogP contribution in [0.15, 0.2) is 48.9 Å². The van der Waals surface area contributed by atoms with Crippen LogP contribution in [0.4, 0.5) is 23.2 Å². The largest absolute Gasteiger partial charge is 0.416 e. The van der Waals surface area contributed by atoms with Gasteiger partial charge in [-0.1, -0.05) is 11.8 Å². The van der Waals surface area contributed by atoms with Gasteiger partial charge in [-0.2, -0.15) is 18.3 Å². The molecule has 0 saturated heterocycles. The first-order valence-corrected chi connectivity index (χ1v) is 8.93. The van der Waals surface area contributed by atoms with Crippen molar-refractivity contribution in [3.63, 3.8) is 0 Å². The van der Waals surface area contributed by atoms with Crippen molar-refractivity contribution in [3.8, 4) is 11.8 Å². The van der Waals surface area contributed by atoms with Crippen LogP contribution in [0.5, 0.6) is 0 Å². The van der Waals surface area contributed by atoms with Crippen LogP contribution in [0, 0.1) is 17.7 Å². The zero-order chi connectivity index (χ0) is 21.5. The van der Waals surface area contributed by atoms with Gasteiger partial charge in [0.05, 0.1) is 29.6 Å². The highest BCUT2D eigenvalue weighted by Crippen LogP contribution is 2.32. The predicted octanol–water partition coefficient (Wildman–Crippen LogP) is 4.06. The van der Waals surface area contributed by atoms with E-state index in [1.807, 2.05) is 6.92 Å². The molecule has 1 amide bonds. The predicted molar refractivity (Wildman–Crippen MR) is 100 cm³/mol. The molecule has 30 heavy (non-hydrogen) atoms. The number of carbonyl (C=O) groups is 1. The number of aromatic nitrogens is 3. The first-order chi connectivity index (χ1) is 14.2. The molecule has 2 aromatic heterocycles. The second-order valence-electron chi connectivity index (χ2n) is 6.80. The molecule has 5 nitrogen and oxygen atoms in total. The highest BCUT2D eigenvalue weighted by atomic mass is 19.4. The van der Waals surface area contributed by atoms with E-state index in [1.165, 1.54) is 40.2 Å². The van der Waals surface area contributed by atoms with Gasteiger partial charge in [0.15, 0.2) is 0 Å². The van der Waals surface area contributed by atoms with Crippen molar-refractivity contribution in [2.24, 2.45) is 0 Å². The Morgan fingerprint density at radius 1 is 1.10 bits per heavy atom. The summed E-state index contributed by atoms with van der Waals surface area (Å²) in [6.07, 6.45) is -0.560. The van der Waals surface area contributed by atoms with Crippen molar-refractivity contribution in [2.45, 2.75) is 19.1 Å². The molecule has 9 heteroatoms. The summed E-state index contributed by atoms with van der Waals surface area (Å²) in [5, 5.41) is 4.22. The third-order valence-electron chi connectivity index (χ3n) is 4.66. The second kappa shape index (κ2) is 7.30. The smallest absolute Gasteiger partial charge is 0.305 e. The summed E-state index contributed by atoms with van der Waals surface area (Å²) in [4.78, 5) is 18.2. The van der Waals surface area contributed by atoms with Crippen molar-refractivity contribution >= 4 is 11.6 Å². The fourth-order valence-corrected chi connectivity index (χ4v) is 3.23. The van der Waals surface area contributed by atoms with Crippen LogP contribution in [0.1, 0.15) is 40.1 Å². The molecule has 0 radical (unpaired) electrons. The maximum Gasteiger partial charge on any atom is 0.416 e. The average molecular weight is 414 g/mol. The van der Waals surface area contributed by atoms with E-state index in [9.17, 15) is 22.4 Å². The Morgan fingerprint density at radius 3 is 2.50 bits per heavy atom. The number of carbonyl (C=O) groups excluding carboxylic acids is 1. The van der Waals surface area contributed by atoms with E-state index in [2.05, 4.69) is 21.9 Å². The topological polar surface area (TPSA) is 51.0 Å². The van der Waals surface area contributed by atoms with Gasteiger partial charge in [0.2, 0.25) is 0 Å². The van der Waals surface area contributed by atoms with E-state index in [-0.39, 0.29) is 18.3 Å². The third kappa shape index (κ3) is 3.64. The monoisotopic (exact) mass is 414 g/mol. The zero-order valence-corrected chi connectivity index (χ0v) is 15.6. The van der Waals surface area contributed by atoms with Crippen molar-refractivity contribution < 1.29 is 22.4 Å². The van der Waals surface area contributed by atoms with Crippen molar-refractivity contribution in [3.05, 3.63) is 77.1 Å². The van der Waals surface area contributed by atoms with Gasteiger partial charge in [-0.15, -0.1) is 0 Å². The highest BCUT2D eigenvalue weighted by Gasteiger charge is 2.34. The molecule has 152 valence electrons. The average Bonchev–Trinajstić information content (AvgIpc) is 3.14. The number of nitrogens with zero attached hydrogens (tertiary/aromatic N) is 4.